The van der Waals surface area contributed by atoms with E-state index in [1.807, 2.05) is 12.4 Å². The molecule has 4 aromatic heterocycles. The fraction of sp³-hybridized carbons (Fsp3) is 0. The van der Waals surface area contributed by atoms with E-state index in [-0.39, 0.29) is 0 Å². The summed E-state index contributed by atoms with van der Waals surface area (Å²) in [6.45, 7) is 0. The predicted molar refractivity (Wildman–Crippen MR) is 210 cm³/mol. The Labute approximate surface area is 288 Å². The van der Waals surface area contributed by atoms with Gasteiger partial charge in [0, 0.05) is 50.4 Å². The molecule has 0 saturated heterocycles. The van der Waals surface area contributed by atoms with Crippen LogP contribution in [0.5, 0.6) is 0 Å². The molecule has 4 heterocycles. The molecule has 0 radical (unpaired) electrons. The summed E-state index contributed by atoms with van der Waals surface area (Å²) in [7, 11) is 0. The van der Waals surface area contributed by atoms with E-state index >= 15 is 0 Å². The van der Waals surface area contributed by atoms with Crippen LogP contribution in [0.2, 0.25) is 0 Å². The molecule has 50 heavy (non-hydrogen) atoms. The largest absolute Gasteiger partial charge is 0.309 e. The molecule has 7 aromatic carbocycles. The molecule has 0 aliphatic heterocycles. The Morgan fingerprint density at radius 1 is 0.340 bits per heavy atom. The van der Waals surface area contributed by atoms with E-state index in [9.17, 15) is 0 Å². The third-order valence-electron chi connectivity index (χ3n) is 10.6. The highest BCUT2D eigenvalue weighted by molar-refractivity contribution is 6.23. The zero-order chi connectivity index (χ0) is 32.8. The average Bonchev–Trinajstić information content (AvgIpc) is 3.83. The second kappa shape index (κ2) is 10.4. The Bertz CT molecular complexity index is 3070. The van der Waals surface area contributed by atoms with Gasteiger partial charge in [0.05, 0.1) is 27.6 Å². The fourth-order valence-corrected chi connectivity index (χ4v) is 8.24. The lowest BCUT2D eigenvalue weighted by Crippen LogP contribution is -1.94. The number of para-hydroxylation sites is 2. The van der Waals surface area contributed by atoms with Crippen LogP contribution in [0, 0.1) is 0 Å². The van der Waals surface area contributed by atoms with E-state index < -0.39 is 0 Å². The number of hydrogen-bond donors (Lipinski definition) is 0. The second-order valence-corrected chi connectivity index (χ2v) is 13.2. The number of aromatic nitrogens is 3. The van der Waals surface area contributed by atoms with Crippen molar-refractivity contribution >= 4 is 59.9 Å². The number of rotatable bonds is 4. The minimum atomic E-state index is 1.15. The normalized spacial score (nSPS) is 12.0. The number of benzene rings is 7. The van der Waals surface area contributed by atoms with Crippen molar-refractivity contribution in [2.24, 2.45) is 0 Å². The Balaban J connectivity index is 1.05. The summed E-state index contributed by atoms with van der Waals surface area (Å²) in [5.74, 6) is 0. The topological polar surface area (TPSA) is 22.2 Å². The maximum atomic E-state index is 4.45. The Hall–Kier alpha value is -6.71. The molecule has 0 aliphatic carbocycles. The van der Waals surface area contributed by atoms with Crippen molar-refractivity contribution in [3.63, 3.8) is 0 Å². The molecule has 0 saturated carbocycles. The van der Waals surface area contributed by atoms with Crippen molar-refractivity contribution in [1.82, 2.24) is 14.0 Å². The molecule has 0 aliphatic rings. The third kappa shape index (κ3) is 3.89. The standard InChI is InChI=1S/C47H29N3/c1-2-8-30(9-3-1)31-16-18-32(19-17-31)33-10-6-11-36(26-33)49-43-15-5-4-12-37(43)41-27-34(21-23-44(41)49)35-20-22-38-39-13-7-14-40-42-29-48-25-24-45(42)50(47(39)40)46(38)28-35/h1-29H. The first-order chi connectivity index (χ1) is 24.8. The minimum Gasteiger partial charge on any atom is -0.309 e. The van der Waals surface area contributed by atoms with Crippen LogP contribution in [0.1, 0.15) is 0 Å². The minimum absolute atomic E-state index is 1.15. The van der Waals surface area contributed by atoms with Gasteiger partial charge in [0.25, 0.3) is 0 Å². The molecule has 3 nitrogen and oxygen atoms in total. The summed E-state index contributed by atoms with van der Waals surface area (Å²) in [6, 6.07) is 59.8. The van der Waals surface area contributed by atoms with Crippen LogP contribution in [0.25, 0.3) is 99.0 Å². The molecule has 11 rings (SSSR count). The van der Waals surface area contributed by atoms with Gasteiger partial charge in [-0.2, -0.15) is 0 Å². The van der Waals surface area contributed by atoms with Crippen LogP contribution in [0.15, 0.2) is 176 Å². The van der Waals surface area contributed by atoms with Crippen molar-refractivity contribution in [3.05, 3.63) is 176 Å². The van der Waals surface area contributed by atoms with Crippen LogP contribution in [-0.4, -0.2) is 14.0 Å². The first-order valence-corrected chi connectivity index (χ1v) is 17.1. The van der Waals surface area contributed by atoms with Crippen LogP contribution < -0.4 is 0 Å². The van der Waals surface area contributed by atoms with Crippen LogP contribution >= 0.6 is 0 Å². The van der Waals surface area contributed by atoms with E-state index in [0.29, 0.717) is 0 Å². The summed E-state index contributed by atoms with van der Waals surface area (Å²) in [4.78, 5) is 4.45. The van der Waals surface area contributed by atoms with Gasteiger partial charge >= 0.3 is 0 Å². The molecule has 0 bridgehead atoms. The molecule has 232 valence electrons. The quantitative estimate of drug-likeness (QED) is 0.189. The lowest BCUT2D eigenvalue weighted by Gasteiger charge is -2.11. The lowest BCUT2D eigenvalue weighted by atomic mass is 10.00. The van der Waals surface area contributed by atoms with Crippen molar-refractivity contribution in [1.29, 1.82) is 0 Å². The molecular weight excluding hydrogens is 607 g/mol. The van der Waals surface area contributed by atoms with Gasteiger partial charge < -0.3 is 8.97 Å². The highest BCUT2D eigenvalue weighted by Gasteiger charge is 2.18. The zero-order valence-corrected chi connectivity index (χ0v) is 27.1. The van der Waals surface area contributed by atoms with Gasteiger partial charge in [-0.25, -0.2) is 0 Å². The Kier molecular flexibility index (Phi) is 5.67. The van der Waals surface area contributed by atoms with Gasteiger partial charge in [0.15, 0.2) is 0 Å². The van der Waals surface area contributed by atoms with Gasteiger partial charge in [-0.1, -0.05) is 121 Å². The van der Waals surface area contributed by atoms with Crippen molar-refractivity contribution < 1.29 is 0 Å². The average molecular weight is 636 g/mol. The Morgan fingerprint density at radius 3 is 1.82 bits per heavy atom. The second-order valence-electron chi connectivity index (χ2n) is 13.2. The highest BCUT2D eigenvalue weighted by atomic mass is 15.0. The molecule has 0 fully saturated rings. The van der Waals surface area contributed by atoms with Gasteiger partial charge in [-0.05, 0) is 75.8 Å². The maximum Gasteiger partial charge on any atom is 0.0621 e. The summed E-state index contributed by atoms with van der Waals surface area (Å²) in [5.41, 5.74) is 14.5. The number of hydrogen-bond acceptors (Lipinski definition) is 1. The molecule has 0 atom stereocenters. The van der Waals surface area contributed by atoms with Gasteiger partial charge in [0.1, 0.15) is 0 Å². The summed E-state index contributed by atoms with van der Waals surface area (Å²) in [5, 5.41) is 7.52. The van der Waals surface area contributed by atoms with Crippen molar-refractivity contribution in [2.45, 2.75) is 0 Å². The molecule has 0 amide bonds. The summed E-state index contributed by atoms with van der Waals surface area (Å²) in [6.07, 6.45) is 3.89. The van der Waals surface area contributed by atoms with E-state index in [4.69, 9.17) is 0 Å². The predicted octanol–water partition coefficient (Wildman–Crippen LogP) is 12.3. The summed E-state index contributed by atoms with van der Waals surface area (Å²) >= 11 is 0. The van der Waals surface area contributed by atoms with Gasteiger partial charge in [-0.15, -0.1) is 0 Å². The van der Waals surface area contributed by atoms with Gasteiger partial charge in [0.2, 0.25) is 0 Å². The van der Waals surface area contributed by atoms with Gasteiger partial charge in [-0.3, -0.25) is 4.98 Å². The third-order valence-corrected chi connectivity index (χ3v) is 10.6. The van der Waals surface area contributed by atoms with Crippen molar-refractivity contribution in [2.75, 3.05) is 0 Å². The van der Waals surface area contributed by atoms with Crippen LogP contribution in [-0.2, 0) is 0 Å². The van der Waals surface area contributed by atoms with E-state index in [2.05, 4.69) is 178 Å². The van der Waals surface area contributed by atoms with Crippen LogP contribution in [0.3, 0.4) is 0 Å². The number of fused-ring (bicyclic) bond motifs is 9. The maximum absolute atomic E-state index is 4.45. The number of pyridine rings is 1. The summed E-state index contributed by atoms with van der Waals surface area (Å²) < 4.78 is 4.83. The molecule has 11 aromatic rings. The van der Waals surface area contributed by atoms with Crippen molar-refractivity contribution in [3.8, 4) is 39.1 Å². The Morgan fingerprint density at radius 2 is 0.940 bits per heavy atom. The molecule has 0 spiro atoms. The lowest BCUT2D eigenvalue weighted by molar-refractivity contribution is 1.18. The number of nitrogens with zero attached hydrogens (tertiary/aromatic N) is 3. The molecule has 3 heteroatoms. The smallest absolute Gasteiger partial charge is 0.0621 e. The molecular formula is C47H29N3. The SMILES string of the molecule is c1ccc(-c2ccc(-c3cccc(-n4c5ccccc5c5cc(-c6ccc7c8cccc9c%10cnccc%10n(c7c6)c98)ccc54)c3)cc2)cc1. The van der Waals surface area contributed by atoms with E-state index in [1.54, 1.807) is 0 Å². The zero-order valence-electron chi connectivity index (χ0n) is 27.1. The molecule has 0 N–H and O–H groups in total. The fourth-order valence-electron chi connectivity index (χ4n) is 8.24. The molecule has 0 unspecified atom stereocenters. The highest BCUT2D eigenvalue weighted by Crippen LogP contribution is 2.41. The van der Waals surface area contributed by atoms with E-state index in [0.717, 1.165) is 5.69 Å². The first-order valence-electron chi connectivity index (χ1n) is 17.1. The first kappa shape index (κ1) is 27.3. The monoisotopic (exact) mass is 635 g/mol. The van der Waals surface area contributed by atoms with Crippen LogP contribution in [0.4, 0.5) is 0 Å². The van der Waals surface area contributed by atoms with E-state index in [1.165, 1.54) is 93.3 Å².